The minimum atomic E-state index is -4.32. The molecule has 1 fully saturated rings. The summed E-state index contributed by atoms with van der Waals surface area (Å²) in [5.41, 5.74) is 1.36. The molecule has 0 saturated carbocycles. The van der Waals surface area contributed by atoms with E-state index in [0.29, 0.717) is 25.3 Å². The first-order chi connectivity index (χ1) is 12.8. The van der Waals surface area contributed by atoms with Gasteiger partial charge in [0.1, 0.15) is 11.5 Å². The predicted octanol–water partition coefficient (Wildman–Crippen LogP) is 3.67. The van der Waals surface area contributed by atoms with Crippen molar-refractivity contribution < 1.29 is 22.4 Å². The number of halogens is 4. The molecule has 1 aliphatic rings. The van der Waals surface area contributed by atoms with Crippen LogP contribution >= 0.6 is 0 Å². The van der Waals surface area contributed by atoms with Crippen LogP contribution in [0.1, 0.15) is 25.7 Å². The maximum Gasteiger partial charge on any atom is 0.389 e. The molecule has 0 aliphatic carbocycles. The molecule has 1 saturated heterocycles. The van der Waals surface area contributed by atoms with Gasteiger partial charge in [-0.1, -0.05) is 5.21 Å². The highest BCUT2D eigenvalue weighted by Crippen LogP contribution is 2.24. The van der Waals surface area contributed by atoms with Crippen molar-refractivity contribution in [2.24, 2.45) is 5.92 Å². The van der Waals surface area contributed by atoms with E-state index in [9.17, 15) is 22.4 Å². The Morgan fingerprint density at radius 1 is 1.22 bits per heavy atom. The SMILES string of the molecule is O=C(CCC(F)(F)F)N1CCC[C@@H](Cn2cc(-c3ccc(F)cc3)nn2)C1. The minimum Gasteiger partial charge on any atom is -0.342 e. The zero-order chi connectivity index (χ0) is 19.4. The van der Waals surface area contributed by atoms with Crippen molar-refractivity contribution in [1.29, 1.82) is 0 Å². The van der Waals surface area contributed by atoms with E-state index < -0.39 is 24.9 Å². The molecule has 27 heavy (non-hydrogen) atoms. The maximum atomic E-state index is 13.0. The van der Waals surface area contributed by atoms with Gasteiger partial charge in [-0.05, 0) is 43.0 Å². The molecule has 1 amide bonds. The fourth-order valence-electron chi connectivity index (χ4n) is 3.25. The summed E-state index contributed by atoms with van der Waals surface area (Å²) >= 11 is 0. The average Bonchev–Trinajstić information content (AvgIpc) is 3.08. The number of carbonyl (C=O) groups is 1. The summed E-state index contributed by atoms with van der Waals surface area (Å²) < 4.78 is 51.6. The number of alkyl halides is 3. The van der Waals surface area contributed by atoms with Crippen LogP contribution in [0.2, 0.25) is 0 Å². The van der Waals surface area contributed by atoms with Gasteiger partial charge in [0.05, 0.1) is 12.6 Å². The third kappa shape index (κ3) is 5.51. The Morgan fingerprint density at radius 3 is 2.67 bits per heavy atom. The summed E-state index contributed by atoms with van der Waals surface area (Å²) in [5, 5.41) is 8.15. The lowest BCUT2D eigenvalue weighted by Gasteiger charge is -2.32. The maximum absolute atomic E-state index is 13.0. The zero-order valence-electron chi connectivity index (χ0n) is 14.6. The molecule has 0 radical (unpaired) electrons. The van der Waals surface area contributed by atoms with Gasteiger partial charge in [0, 0.05) is 31.6 Å². The summed E-state index contributed by atoms with van der Waals surface area (Å²) in [6.45, 7) is 1.44. The molecule has 1 atom stereocenters. The molecular formula is C18H20F4N4O. The van der Waals surface area contributed by atoms with Gasteiger partial charge in [-0.15, -0.1) is 5.10 Å². The van der Waals surface area contributed by atoms with Crippen LogP contribution in [-0.4, -0.2) is 45.1 Å². The number of likely N-dealkylation sites (tertiary alicyclic amines) is 1. The number of hydrogen-bond donors (Lipinski definition) is 0. The lowest BCUT2D eigenvalue weighted by Crippen LogP contribution is -2.41. The summed E-state index contributed by atoms with van der Waals surface area (Å²) in [5.74, 6) is -0.678. The molecule has 2 aromatic rings. The Balaban J connectivity index is 1.56. The van der Waals surface area contributed by atoms with E-state index in [2.05, 4.69) is 10.3 Å². The Kier molecular flexibility index (Phi) is 5.76. The average molecular weight is 384 g/mol. The summed E-state index contributed by atoms with van der Waals surface area (Å²) in [4.78, 5) is 13.5. The predicted molar refractivity (Wildman–Crippen MR) is 90.0 cm³/mol. The van der Waals surface area contributed by atoms with Crippen LogP contribution in [0.4, 0.5) is 17.6 Å². The van der Waals surface area contributed by atoms with Crippen LogP contribution in [0.3, 0.4) is 0 Å². The van der Waals surface area contributed by atoms with Crippen molar-refractivity contribution in [3.05, 3.63) is 36.3 Å². The number of piperidine rings is 1. The van der Waals surface area contributed by atoms with E-state index in [0.717, 1.165) is 18.4 Å². The smallest absolute Gasteiger partial charge is 0.342 e. The van der Waals surface area contributed by atoms with Gasteiger partial charge < -0.3 is 4.90 Å². The van der Waals surface area contributed by atoms with Gasteiger partial charge in [0.25, 0.3) is 0 Å². The summed E-state index contributed by atoms with van der Waals surface area (Å²) in [7, 11) is 0. The van der Waals surface area contributed by atoms with Gasteiger partial charge in [-0.25, -0.2) is 4.39 Å². The molecule has 2 heterocycles. The Labute approximate surface area is 154 Å². The molecule has 0 spiro atoms. The van der Waals surface area contributed by atoms with Crippen molar-refractivity contribution in [2.75, 3.05) is 13.1 Å². The lowest BCUT2D eigenvalue weighted by molar-refractivity contribution is -0.150. The first-order valence-electron chi connectivity index (χ1n) is 8.81. The molecule has 0 unspecified atom stereocenters. The van der Waals surface area contributed by atoms with E-state index >= 15 is 0 Å². The highest BCUT2D eigenvalue weighted by atomic mass is 19.4. The number of amides is 1. The molecular weight excluding hydrogens is 364 g/mol. The molecule has 0 N–H and O–H groups in total. The first kappa shape index (κ1) is 19.3. The van der Waals surface area contributed by atoms with Gasteiger partial charge in [0.15, 0.2) is 0 Å². The molecule has 3 rings (SSSR count). The van der Waals surface area contributed by atoms with Gasteiger partial charge in [-0.3, -0.25) is 9.48 Å². The summed E-state index contributed by atoms with van der Waals surface area (Å²) in [6.07, 6.45) is -2.54. The first-order valence-corrected chi connectivity index (χ1v) is 8.81. The van der Waals surface area contributed by atoms with Crippen LogP contribution in [0.25, 0.3) is 11.3 Å². The monoisotopic (exact) mass is 384 g/mol. The van der Waals surface area contributed by atoms with Crippen molar-refractivity contribution in [1.82, 2.24) is 19.9 Å². The summed E-state index contributed by atoms with van der Waals surface area (Å²) in [6, 6.07) is 5.93. The third-order valence-electron chi connectivity index (χ3n) is 4.62. The molecule has 1 aliphatic heterocycles. The highest BCUT2D eigenvalue weighted by Gasteiger charge is 2.30. The number of aromatic nitrogens is 3. The van der Waals surface area contributed by atoms with Crippen molar-refractivity contribution >= 4 is 5.91 Å². The topological polar surface area (TPSA) is 51.0 Å². The quantitative estimate of drug-likeness (QED) is 0.740. The molecule has 1 aromatic carbocycles. The van der Waals surface area contributed by atoms with Gasteiger partial charge in [0.2, 0.25) is 5.91 Å². The Hall–Kier alpha value is -2.45. The zero-order valence-corrected chi connectivity index (χ0v) is 14.6. The van der Waals surface area contributed by atoms with E-state index in [-0.39, 0.29) is 11.7 Å². The standard InChI is InChI=1S/C18H20F4N4O/c19-15-5-3-14(4-6-15)16-12-26(24-23-16)11-13-2-1-9-25(10-13)17(27)7-8-18(20,21)22/h3-6,12-13H,1-2,7-11H2/t13-/m1/s1. The van der Waals surface area contributed by atoms with Gasteiger partial charge in [-0.2, -0.15) is 13.2 Å². The van der Waals surface area contributed by atoms with Crippen LogP contribution in [0.5, 0.6) is 0 Å². The second-order valence-electron chi connectivity index (χ2n) is 6.80. The van der Waals surface area contributed by atoms with Crippen LogP contribution in [-0.2, 0) is 11.3 Å². The van der Waals surface area contributed by atoms with E-state index in [1.807, 2.05) is 0 Å². The van der Waals surface area contributed by atoms with Crippen molar-refractivity contribution in [2.45, 2.75) is 38.4 Å². The van der Waals surface area contributed by atoms with Gasteiger partial charge >= 0.3 is 6.18 Å². The number of nitrogens with zero attached hydrogens (tertiary/aromatic N) is 4. The molecule has 9 heteroatoms. The number of rotatable bonds is 5. The minimum absolute atomic E-state index is 0.108. The van der Waals surface area contributed by atoms with Crippen molar-refractivity contribution in [3.63, 3.8) is 0 Å². The van der Waals surface area contributed by atoms with Crippen LogP contribution in [0.15, 0.2) is 30.5 Å². The van der Waals surface area contributed by atoms with Crippen molar-refractivity contribution in [3.8, 4) is 11.3 Å². The normalized spacial score (nSPS) is 17.9. The molecule has 0 bridgehead atoms. The van der Waals surface area contributed by atoms with Crippen LogP contribution < -0.4 is 0 Å². The van der Waals surface area contributed by atoms with Crippen LogP contribution in [0, 0.1) is 11.7 Å². The lowest BCUT2D eigenvalue weighted by atomic mass is 9.97. The van der Waals surface area contributed by atoms with E-state index in [4.69, 9.17) is 0 Å². The third-order valence-corrected chi connectivity index (χ3v) is 4.62. The highest BCUT2D eigenvalue weighted by molar-refractivity contribution is 5.76. The largest absolute Gasteiger partial charge is 0.389 e. The molecule has 5 nitrogen and oxygen atoms in total. The second kappa shape index (κ2) is 8.06. The second-order valence-corrected chi connectivity index (χ2v) is 6.80. The number of benzene rings is 1. The molecule has 1 aromatic heterocycles. The van der Waals surface area contributed by atoms with E-state index in [1.165, 1.54) is 17.0 Å². The number of carbonyl (C=O) groups excluding carboxylic acids is 1. The fraction of sp³-hybridized carbons (Fsp3) is 0.500. The Morgan fingerprint density at radius 2 is 1.96 bits per heavy atom. The Bertz CT molecular complexity index is 772. The molecule has 146 valence electrons. The number of hydrogen-bond acceptors (Lipinski definition) is 3. The fourth-order valence-corrected chi connectivity index (χ4v) is 3.25. The van der Waals surface area contributed by atoms with E-state index in [1.54, 1.807) is 23.0 Å².